The third-order valence-electron chi connectivity index (χ3n) is 5.10. The van der Waals surface area contributed by atoms with Gasteiger partial charge in [0, 0.05) is 25.0 Å². The summed E-state index contributed by atoms with van der Waals surface area (Å²) in [7, 11) is 0. The van der Waals surface area contributed by atoms with Gasteiger partial charge in [0.25, 0.3) is 0 Å². The van der Waals surface area contributed by atoms with E-state index in [2.05, 4.69) is 0 Å². The van der Waals surface area contributed by atoms with Gasteiger partial charge in [0.15, 0.2) is 0 Å². The first kappa shape index (κ1) is 15.5. The molecule has 1 aromatic rings. The van der Waals surface area contributed by atoms with Crippen molar-refractivity contribution in [2.45, 2.75) is 44.6 Å². The number of benzene rings is 1. The summed E-state index contributed by atoms with van der Waals surface area (Å²) in [5.74, 6) is 0.734. The number of carbonyl (C=O) groups excluding carboxylic acids is 1. The minimum Gasteiger partial charge on any atom is -0.342 e. The number of likely N-dealkylation sites (tertiary alicyclic amines) is 1. The van der Waals surface area contributed by atoms with Crippen LogP contribution in [-0.4, -0.2) is 29.9 Å². The van der Waals surface area contributed by atoms with Crippen LogP contribution in [0.4, 0.5) is 4.39 Å². The molecule has 120 valence electrons. The molecule has 0 spiro atoms. The molecule has 1 aromatic carbocycles. The van der Waals surface area contributed by atoms with Crippen LogP contribution in [0.1, 0.15) is 37.7 Å². The molecule has 1 aliphatic carbocycles. The number of carbonyl (C=O) groups is 1. The Labute approximate surface area is 131 Å². The largest absolute Gasteiger partial charge is 0.342 e. The van der Waals surface area contributed by atoms with Crippen LogP contribution < -0.4 is 5.73 Å². The minimum absolute atomic E-state index is 0.133. The average Bonchev–Trinajstić information content (AvgIpc) is 2.97. The van der Waals surface area contributed by atoms with Gasteiger partial charge in [0.1, 0.15) is 5.82 Å². The summed E-state index contributed by atoms with van der Waals surface area (Å²) in [6.07, 6.45) is 5.93. The number of hydrogen-bond acceptors (Lipinski definition) is 2. The monoisotopic (exact) mass is 304 g/mol. The summed E-state index contributed by atoms with van der Waals surface area (Å²) < 4.78 is 12.9. The molecular formula is C18H25FN2O. The Morgan fingerprint density at radius 1 is 1.23 bits per heavy atom. The molecule has 22 heavy (non-hydrogen) atoms. The topological polar surface area (TPSA) is 46.3 Å². The van der Waals surface area contributed by atoms with Gasteiger partial charge in [-0.3, -0.25) is 4.79 Å². The second-order valence-corrected chi connectivity index (χ2v) is 6.89. The van der Waals surface area contributed by atoms with E-state index in [0.29, 0.717) is 11.8 Å². The maximum absolute atomic E-state index is 12.9. The SMILES string of the molecule is NC1CCCC(C(=O)N2CCC(Cc3ccc(F)cc3)C2)C1. The molecule has 3 unspecified atom stereocenters. The van der Waals surface area contributed by atoms with Crippen molar-refractivity contribution in [3.63, 3.8) is 0 Å². The fraction of sp³-hybridized carbons (Fsp3) is 0.611. The van der Waals surface area contributed by atoms with E-state index >= 15 is 0 Å². The van der Waals surface area contributed by atoms with E-state index in [1.807, 2.05) is 17.0 Å². The third kappa shape index (κ3) is 3.67. The highest BCUT2D eigenvalue weighted by Crippen LogP contribution is 2.28. The molecule has 0 aromatic heterocycles. The third-order valence-corrected chi connectivity index (χ3v) is 5.10. The number of halogens is 1. The molecule has 3 rings (SSSR count). The first-order chi connectivity index (χ1) is 10.6. The Balaban J connectivity index is 1.53. The highest BCUT2D eigenvalue weighted by Gasteiger charge is 2.33. The van der Waals surface area contributed by atoms with Gasteiger partial charge in [0.2, 0.25) is 5.91 Å². The molecule has 0 radical (unpaired) electrons. The Morgan fingerprint density at radius 2 is 2.00 bits per heavy atom. The standard InChI is InChI=1S/C18H25FN2O/c19-16-6-4-13(5-7-16)10-14-8-9-21(12-14)18(22)15-2-1-3-17(20)11-15/h4-7,14-15,17H,1-3,8-12,20H2. The summed E-state index contributed by atoms with van der Waals surface area (Å²) in [4.78, 5) is 14.6. The normalized spacial score (nSPS) is 28.8. The lowest BCUT2D eigenvalue weighted by atomic mass is 9.85. The molecule has 2 aliphatic rings. The van der Waals surface area contributed by atoms with Crippen molar-refractivity contribution in [2.24, 2.45) is 17.6 Å². The number of hydrogen-bond donors (Lipinski definition) is 1. The van der Waals surface area contributed by atoms with Crippen LogP contribution in [0, 0.1) is 17.7 Å². The lowest BCUT2D eigenvalue weighted by Gasteiger charge is -2.29. The molecule has 2 N–H and O–H groups in total. The lowest BCUT2D eigenvalue weighted by Crippen LogP contribution is -2.39. The molecule has 1 saturated carbocycles. The van der Waals surface area contributed by atoms with Crippen molar-refractivity contribution in [1.82, 2.24) is 4.90 Å². The summed E-state index contributed by atoms with van der Waals surface area (Å²) in [5.41, 5.74) is 7.16. The van der Waals surface area contributed by atoms with Gasteiger partial charge < -0.3 is 10.6 Å². The lowest BCUT2D eigenvalue weighted by molar-refractivity contribution is -0.135. The maximum atomic E-state index is 12.9. The zero-order valence-electron chi connectivity index (χ0n) is 13.0. The predicted molar refractivity (Wildman–Crippen MR) is 84.7 cm³/mol. The second-order valence-electron chi connectivity index (χ2n) is 6.89. The van der Waals surface area contributed by atoms with Crippen molar-refractivity contribution < 1.29 is 9.18 Å². The summed E-state index contributed by atoms with van der Waals surface area (Å²) in [6.45, 7) is 1.69. The number of nitrogens with two attached hydrogens (primary N) is 1. The molecule has 4 heteroatoms. The average molecular weight is 304 g/mol. The van der Waals surface area contributed by atoms with Gasteiger partial charge in [-0.1, -0.05) is 18.6 Å². The first-order valence-electron chi connectivity index (χ1n) is 8.40. The molecule has 1 aliphatic heterocycles. The Bertz CT molecular complexity index is 516. The van der Waals surface area contributed by atoms with Crippen molar-refractivity contribution in [3.05, 3.63) is 35.6 Å². The van der Waals surface area contributed by atoms with Gasteiger partial charge >= 0.3 is 0 Å². The molecule has 2 fully saturated rings. The van der Waals surface area contributed by atoms with E-state index < -0.39 is 0 Å². The van der Waals surface area contributed by atoms with Crippen LogP contribution in [0.3, 0.4) is 0 Å². The molecular weight excluding hydrogens is 279 g/mol. The highest BCUT2D eigenvalue weighted by molar-refractivity contribution is 5.79. The van der Waals surface area contributed by atoms with Crippen molar-refractivity contribution in [3.8, 4) is 0 Å². The van der Waals surface area contributed by atoms with Gasteiger partial charge in [0.05, 0.1) is 0 Å². The van der Waals surface area contributed by atoms with E-state index in [1.54, 1.807) is 0 Å². The molecule has 1 saturated heterocycles. The van der Waals surface area contributed by atoms with Crippen LogP contribution in [-0.2, 0) is 11.2 Å². The Hall–Kier alpha value is -1.42. The fourth-order valence-corrected chi connectivity index (χ4v) is 3.86. The minimum atomic E-state index is -0.194. The fourth-order valence-electron chi connectivity index (χ4n) is 3.86. The van der Waals surface area contributed by atoms with E-state index in [9.17, 15) is 9.18 Å². The molecule has 3 atom stereocenters. The van der Waals surface area contributed by atoms with Crippen LogP contribution in [0.2, 0.25) is 0 Å². The Morgan fingerprint density at radius 3 is 2.73 bits per heavy atom. The highest BCUT2D eigenvalue weighted by atomic mass is 19.1. The van der Waals surface area contributed by atoms with Crippen LogP contribution in [0.25, 0.3) is 0 Å². The molecule has 1 heterocycles. The summed E-state index contributed by atoms with van der Waals surface area (Å²) >= 11 is 0. The van der Waals surface area contributed by atoms with Crippen LogP contribution >= 0.6 is 0 Å². The quantitative estimate of drug-likeness (QED) is 0.933. The number of rotatable bonds is 3. The van der Waals surface area contributed by atoms with Crippen LogP contribution in [0.15, 0.2) is 24.3 Å². The van der Waals surface area contributed by atoms with E-state index in [4.69, 9.17) is 5.73 Å². The van der Waals surface area contributed by atoms with Crippen molar-refractivity contribution in [1.29, 1.82) is 0 Å². The zero-order chi connectivity index (χ0) is 15.5. The van der Waals surface area contributed by atoms with Crippen LogP contribution in [0.5, 0.6) is 0 Å². The zero-order valence-corrected chi connectivity index (χ0v) is 13.0. The summed E-state index contributed by atoms with van der Waals surface area (Å²) in [6, 6.07) is 6.91. The second kappa shape index (κ2) is 6.78. The van der Waals surface area contributed by atoms with E-state index in [1.165, 1.54) is 12.1 Å². The number of nitrogens with zero attached hydrogens (tertiary/aromatic N) is 1. The first-order valence-corrected chi connectivity index (χ1v) is 8.40. The smallest absolute Gasteiger partial charge is 0.225 e. The van der Waals surface area contributed by atoms with Gasteiger partial charge in [-0.2, -0.15) is 0 Å². The van der Waals surface area contributed by atoms with Gasteiger partial charge in [-0.05, 0) is 55.7 Å². The summed E-state index contributed by atoms with van der Waals surface area (Å²) in [5, 5.41) is 0. The number of amides is 1. The van der Waals surface area contributed by atoms with Crippen molar-refractivity contribution in [2.75, 3.05) is 13.1 Å². The van der Waals surface area contributed by atoms with Gasteiger partial charge in [-0.25, -0.2) is 4.39 Å². The molecule has 0 bridgehead atoms. The van der Waals surface area contributed by atoms with E-state index in [-0.39, 0.29) is 17.8 Å². The predicted octanol–water partition coefficient (Wildman–Crippen LogP) is 2.73. The van der Waals surface area contributed by atoms with E-state index in [0.717, 1.165) is 57.2 Å². The maximum Gasteiger partial charge on any atom is 0.225 e. The molecule has 1 amide bonds. The Kier molecular flexibility index (Phi) is 4.77. The molecule has 3 nitrogen and oxygen atoms in total. The van der Waals surface area contributed by atoms with Gasteiger partial charge in [-0.15, -0.1) is 0 Å². The van der Waals surface area contributed by atoms with Crippen molar-refractivity contribution >= 4 is 5.91 Å².